The van der Waals surface area contributed by atoms with Crippen molar-refractivity contribution in [2.75, 3.05) is 45.6 Å². The number of nitrogens with one attached hydrogen (secondary N) is 1. The minimum absolute atomic E-state index is 0.146. The zero-order chi connectivity index (χ0) is 22.0. The number of anilines is 1. The fraction of sp³-hybridized carbons (Fsp3) is 0.545. The van der Waals surface area contributed by atoms with Crippen LogP contribution in [0.15, 0.2) is 18.3 Å². The van der Waals surface area contributed by atoms with Gasteiger partial charge < -0.3 is 19.7 Å². The second kappa shape index (κ2) is 9.05. The molecule has 0 atom stereocenters. The maximum Gasteiger partial charge on any atom is 0.321 e. The lowest BCUT2D eigenvalue weighted by Gasteiger charge is -2.35. The quantitative estimate of drug-likeness (QED) is 0.809. The van der Waals surface area contributed by atoms with Crippen molar-refractivity contribution >= 4 is 17.6 Å². The monoisotopic (exact) mass is 425 g/mol. The fourth-order valence-corrected chi connectivity index (χ4v) is 4.26. The zero-order valence-electron chi connectivity index (χ0n) is 18.6. The molecular formula is C22H31N7O2. The fourth-order valence-electron chi connectivity index (χ4n) is 4.26. The summed E-state index contributed by atoms with van der Waals surface area (Å²) in [5, 5.41) is 2.90. The lowest BCUT2D eigenvalue weighted by molar-refractivity contribution is 0.0822. The number of carbonyl (C=O) groups is 2. The Morgan fingerprint density at radius 2 is 1.90 bits per heavy atom. The van der Waals surface area contributed by atoms with Gasteiger partial charge >= 0.3 is 6.03 Å². The molecule has 1 fully saturated rings. The molecule has 4 heterocycles. The number of carbonyl (C=O) groups excluding carboxylic acids is 2. The van der Waals surface area contributed by atoms with Crippen molar-refractivity contribution in [3.63, 3.8) is 0 Å². The summed E-state index contributed by atoms with van der Waals surface area (Å²) in [7, 11) is 3.35. The largest absolute Gasteiger partial charge is 0.343 e. The first-order chi connectivity index (χ1) is 14.9. The number of amides is 3. The van der Waals surface area contributed by atoms with Crippen LogP contribution in [0, 0.1) is 6.92 Å². The van der Waals surface area contributed by atoms with Crippen LogP contribution in [0.5, 0.6) is 0 Å². The third kappa shape index (κ3) is 4.71. The minimum atomic E-state index is -0.193. The molecule has 166 valence electrons. The molecule has 0 saturated carbocycles. The lowest BCUT2D eigenvalue weighted by atomic mass is 10.1. The first-order valence-electron chi connectivity index (χ1n) is 10.9. The maximum atomic E-state index is 12.7. The van der Waals surface area contributed by atoms with E-state index in [1.54, 1.807) is 32.4 Å². The van der Waals surface area contributed by atoms with Gasteiger partial charge in [0.2, 0.25) is 0 Å². The second-order valence-corrected chi connectivity index (χ2v) is 8.49. The molecule has 0 spiro atoms. The number of aromatic nitrogens is 3. The van der Waals surface area contributed by atoms with Gasteiger partial charge in [-0.15, -0.1) is 0 Å². The van der Waals surface area contributed by atoms with Crippen LogP contribution in [0.3, 0.4) is 0 Å². The third-order valence-electron chi connectivity index (χ3n) is 6.05. The molecule has 1 saturated heterocycles. The van der Waals surface area contributed by atoms with Gasteiger partial charge in [-0.3, -0.25) is 14.7 Å². The van der Waals surface area contributed by atoms with Gasteiger partial charge in [-0.25, -0.2) is 9.78 Å². The Balaban J connectivity index is 1.32. The number of fused-ring (bicyclic) bond motifs is 1. The normalized spacial score (nSPS) is 16.7. The molecule has 0 radical (unpaired) electrons. The van der Waals surface area contributed by atoms with Crippen LogP contribution in [0.25, 0.3) is 0 Å². The summed E-state index contributed by atoms with van der Waals surface area (Å²) in [5.41, 5.74) is 3.35. The summed E-state index contributed by atoms with van der Waals surface area (Å²) in [6.07, 6.45) is 5.07. The van der Waals surface area contributed by atoms with Crippen LogP contribution in [0.1, 0.15) is 40.5 Å². The molecule has 3 amide bonds. The highest BCUT2D eigenvalue weighted by Gasteiger charge is 2.24. The molecule has 9 heteroatoms. The van der Waals surface area contributed by atoms with Crippen molar-refractivity contribution in [3.05, 3.63) is 41.2 Å². The van der Waals surface area contributed by atoms with Crippen LogP contribution >= 0.6 is 0 Å². The predicted molar refractivity (Wildman–Crippen MR) is 118 cm³/mol. The van der Waals surface area contributed by atoms with E-state index in [1.807, 2.05) is 4.90 Å². The van der Waals surface area contributed by atoms with E-state index in [4.69, 9.17) is 4.98 Å². The first kappa shape index (κ1) is 21.3. The highest BCUT2D eigenvalue weighted by atomic mass is 16.2. The van der Waals surface area contributed by atoms with E-state index in [-0.39, 0.29) is 11.9 Å². The summed E-state index contributed by atoms with van der Waals surface area (Å²) < 4.78 is 2.40. The Morgan fingerprint density at radius 1 is 1.13 bits per heavy atom. The molecule has 4 rings (SSSR count). The molecule has 0 aliphatic carbocycles. The van der Waals surface area contributed by atoms with Gasteiger partial charge in [-0.2, -0.15) is 0 Å². The molecule has 2 aromatic rings. The maximum absolute atomic E-state index is 12.7. The number of nitrogens with zero attached hydrogens (tertiary/aromatic N) is 6. The van der Waals surface area contributed by atoms with Crippen molar-refractivity contribution in [3.8, 4) is 0 Å². The predicted octanol–water partition coefficient (Wildman–Crippen LogP) is 1.97. The summed E-state index contributed by atoms with van der Waals surface area (Å²) in [4.78, 5) is 39.4. The standard InChI is InChI=1S/C22H31N7O2/c1-16-19(29-9-5-4-6-20(29)24-16)15-27-10-12-28(13-11-27)22(31)25-17-7-8-23-18(14-17)21(30)26(2)3/h7-8,14H,4-6,9-13,15H2,1-3H3,(H,23,25,31). The lowest BCUT2D eigenvalue weighted by Crippen LogP contribution is -2.49. The van der Waals surface area contributed by atoms with Gasteiger partial charge in [0.05, 0.1) is 11.4 Å². The SMILES string of the molecule is Cc1nc2n(c1CN1CCN(C(=O)Nc3ccnc(C(=O)N(C)C)c3)CC1)CCCC2. The van der Waals surface area contributed by atoms with Crippen LogP contribution in [-0.4, -0.2) is 81.4 Å². The van der Waals surface area contributed by atoms with Crippen LogP contribution in [0.2, 0.25) is 0 Å². The molecule has 31 heavy (non-hydrogen) atoms. The second-order valence-electron chi connectivity index (χ2n) is 8.49. The molecule has 0 aromatic carbocycles. The molecule has 0 unspecified atom stereocenters. The number of pyridine rings is 1. The molecule has 9 nitrogen and oxygen atoms in total. The Bertz CT molecular complexity index is 961. The van der Waals surface area contributed by atoms with Crippen molar-refractivity contribution in [1.29, 1.82) is 0 Å². The van der Waals surface area contributed by atoms with Crippen molar-refractivity contribution in [1.82, 2.24) is 29.2 Å². The Kier molecular flexibility index (Phi) is 6.22. The van der Waals surface area contributed by atoms with Crippen molar-refractivity contribution in [2.45, 2.75) is 39.3 Å². The Labute approximate surface area is 183 Å². The van der Waals surface area contributed by atoms with Gasteiger partial charge in [-0.1, -0.05) is 0 Å². The number of hydrogen-bond donors (Lipinski definition) is 1. The van der Waals surface area contributed by atoms with Crippen molar-refractivity contribution in [2.24, 2.45) is 0 Å². The van der Waals surface area contributed by atoms with E-state index in [9.17, 15) is 9.59 Å². The van der Waals surface area contributed by atoms with Crippen LogP contribution in [-0.2, 0) is 19.5 Å². The van der Waals surface area contributed by atoms with Gasteiger partial charge in [-0.05, 0) is 31.9 Å². The number of aryl methyl sites for hydroxylation is 2. The summed E-state index contributed by atoms with van der Waals surface area (Å²) in [6.45, 7) is 7.05. The van der Waals surface area contributed by atoms with E-state index >= 15 is 0 Å². The zero-order valence-corrected chi connectivity index (χ0v) is 18.6. The number of imidazole rings is 1. The molecule has 1 N–H and O–H groups in total. The van der Waals surface area contributed by atoms with Gasteiger partial charge in [0.1, 0.15) is 11.5 Å². The smallest absolute Gasteiger partial charge is 0.321 e. The highest BCUT2D eigenvalue weighted by molar-refractivity contribution is 5.95. The number of hydrogen-bond acceptors (Lipinski definition) is 5. The number of urea groups is 1. The van der Waals surface area contributed by atoms with Gasteiger partial charge in [0.25, 0.3) is 5.91 Å². The Morgan fingerprint density at radius 3 is 2.65 bits per heavy atom. The van der Waals surface area contributed by atoms with E-state index in [1.165, 1.54) is 29.3 Å². The molecule has 2 aliphatic rings. The number of rotatable bonds is 4. The minimum Gasteiger partial charge on any atom is -0.343 e. The molecule has 0 bridgehead atoms. The van der Waals surface area contributed by atoms with Gasteiger partial charge in [0.15, 0.2) is 0 Å². The first-order valence-corrected chi connectivity index (χ1v) is 10.9. The van der Waals surface area contributed by atoms with E-state index < -0.39 is 0 Å². The van der Waals surface area contributed by atoms with E-state index in [2.05, 4.69) is 26.7 Å². The molecular weight excluding hydrogens is 394 g/mol. The van der Waals surface area contributed by atoms with E-state index in [0.717, 1.165) is 38.3 Å². The van der Waals surface area contributed by atoms with Crippen LogP contribution in [0.4, 0.5) is 10.5 Å². The highest BCUT2D eigenvalue weighted by Crippen LogP contribution is 2.21. The number of piperazine rings is 1. The summed E-state index contributed by atoms with van der Waals surface area (Å²) in [5.74, 6) is 1.03. The summed E-state index contributed by atoms with van der Waals surface area (Å²) in [6, 6.07) is 3.17. The van der Waals surface area contributed by atoms with E-state index in [0.29, 0.717) is 24.5 Å². The molecule has 2 aliphatic heterocycles. The van der Waals surface area contributed by atoms with Gasteiger partial charge in [0, 0.05) is 71.7 Å². The van der Waals surface area contributed by atoms with Crippen LogP contribution < -0.4 is 5.32 Å². The molecule has 2 aromatic heterocycles. The van der Waals surface area contributed by atoms with Crippen molar-refractivity contribution < 1.29 is 9.59 Å². The summed E-state index contributed by atoms with van der Waals surface area (Å²) >= 11 is 0. The third-order valence-corrected chi connectivity index (χ3v) is 6.05. The average Bonchev–Trinajstić information content (AvgIpc) is 3.09. The Hall–Kier alpha value is -2.94. The topological polar surface area (TPSA) is 86.6 Å². The average molecular weight is 426 g/mol.